The number of aliphatic hydroxyl groups is 1. The quantitative estimate of drug-likeness (QED) is 0.440. The van der Waals surface area contributed by atoms with Gasteiger partial charge in [0.05, 0.1) is 10.9 Å². The fraction of sp³-hybridized carbons (Fsp3) is 0.238. The Morgan fingerprint density at radius 1 is 1.15 bits per heavy atom. The van der Waals surface area contributed by atoms with Gasteiger partial charge in [0, 0.05) is 11.8 Å². The number of nitrogens with one attached hydrogen (secondary N) is 1. The minimum atomic E-state index is -1.27. The lowest BCUT2D eigenvalue weighted by atomic mass is 10.0. The molecular formula is C21H21N3O2. The van der Waals surface area contributed by atoms with E-state index in [2.05, 4.69) is 5.32 Å². The second-order valence-electron chi connectivity index (χ2n) is 6.75. The molecule has 0 saturated heterocycles. The molecule has 5 nitrogen and oxygen atoms in total. The average molecular weight is 347 g/mol. The molecule has 0 amide bonds. The zero-order valence-electron chi connectivity index (χ0n) is 14.9. The van der Waals surface area contributed by atoms with Gasteiger partial charge in [-0.15, -0.1) is 0 Å². The summed E-state index contributed by atoms with van der Waals surface area (Å²) in [5, 5.41) is 16.6. The summed E-state index contributed by atoms with van der Waals surface area (Å²) in [6.45, 7) is 4.39. The molecule has 0 bridgehead atoms. The van der Waals surface area contributed by atoms with Gasteiger partial charge in [0.25, 0.3) is 5.56 Å². The van der Waals surface area contributed by atoms with Crippen molar-refractivity contribution in [3.8, 4) is 0 Å². The van der Waals surface area contributed by atoms with Crippen molar-refractivity contribution in [3.05, 3.63) is 70.6 Å². The molecule has 0 saturated carbocycles. The number of hydrogen-bond acceptors (Lipinski definition) is 4. The molecule has 0 aliphatic rings. The molecule has 132 valence electrons. The fourth-order valence-electron chi connectivity index (χ4n) is 3.36. The maximum atomic E-state index is 13.0. The molecule has 0 aliphatic heterocycles. The third kappa shape index (κ3) is 2.66. The molecule has 2 aromatic heterocycles. The van der Waals surface area contributed by atoms with Crippen molar-refractivity contribution < 1.29 is 5.11 Å². The second kappa shape index (κ2) is 6.20. The van der Waals surface area contributed by atoms with Crippen molar-refractivity contribution in [1.29, 1.82) is 0 Å². The van der Waals surface area contributed by atoms with Gasteiger partial charge in [-0.1, -0.05) is 31.2 Å². The van der Waals surface area contributed by atoms with Crippen LogP contribution in [0.2, 0.25) is 0 Å². The van der Waals surface area contributed by atoms with E-state index in [0.29, 0.717) is 28.7 Å². The van der Waals surface area contributed by atoms with E-state index in [1.807, 2.05) is 43.3 Å². The molecule has 4 aromatic rings. The number of aromatic nitrogens is 2. The lowest BCUT2D eigenvalue weighted by molar-refractivity contribution is 0.0213. The van der Waals surface area contributed by atoms with Crippen LogP contribution in [0.3, 0.4) is 0 Å². The van der Waals surface area contributed by atoms with Gasteiger partial charge >= 0.3 is 0 Å². The molecule has 0 aliphatic carbocycles. The normalized spacial score (nSPS) is 14.1. The third-order valence-electron chi connectivity index (χ3n) is 4.75. The first kappa shape index (κ1) is 16.7. The molecule has 1 atom stereocenters. The van der Waals surface area contributed by atoms with Gasteiger partial charge in [-0.3, -0.25) is 14.5 Å². The van der Waals surface area contributed by atoms with Gasteiger partial charge in [-0.2, -0.15) is 0 Å². The predicted molar refractivity (Wildman–Crippen MR) is 104 cm³/mol. The smallest absolute Gasteiger partial charge is 0.265 e. The largest absolute Gasteiger partial charge is 0.372 e. The van der Waals surface area contributed by atoms with E-state index in [-0.39, 0.29) is 5.56 Å². The van der Waals surface area contributed by atoms with Crippen LogP contribution in [0.25, 0.3) is 27.3 Å². The Balaban J connectivity index is 2.05. The van der Waals surface area contributed by atoms with Gasteiger partial charge in [0.15, 0.2) is 0 Å². The molecule has 1 unspecified atom stereocenters. The van der Waals surface area contributed by atoms with Crippen LogP contribution in [0.5, 0.6) is 0 Å². The number of nitrogens with zero attached hydrogens (tertiary/aromatic N) is 2. The summed E-state index contributed by atoms with van der Waals surface area (Å²) in [6.07, 6.45) is 2.59. The first-order valence-electron chi connectivity index (χ1n) is 8.83. The van der Waals surface area contributed by atoms with E-state index >= 15 is 0 Å². The highest BCUT2D eigenvalue weighted by Crippen LogP contribution is 2.24. The highest BCUT2D eigenvalue weighted by molar-refractivity contribution is 5.96. The molecule has 5 heteroatoms. The summed E-state index contributed by atoms with van der Waals surface area (Å²) in [5.74, 6) is 0. The Morgan fingerprint density at radius 3 is 2.62 bits per heavy atom. The summed E-state index contributed by atoms with van der Waals surface area (Å²) in [5.41, 5.74) is 0.276. The van der Waals surface area contributed by atoms with Crippen molar-refractivity contribution in [2.75, 3.05) is 6.54 Å². The van der Waals surface area contributed by atoms with Crippen molar-refractivity contribution >= 4 is 27.3 Å². The van der Waals surface area contributed by atoms with Crippen LogP contribution in [0.15, 0.2) is 59.5 Å². The first-order chi connectivity index (χ1) is 12.5. The fourth-order valence-corrected chi connectivity index (χ4v) is 3.36. The highest BCUT2D eigenvalue weighted by Gasteiger charge is 2.26. The van der Waals surface area contributed by atoms with Gasteiger partial charge in [-0.25, -0.2) is 4.98 Å². The van der Waals surface area contributed by atoms with E-state index in [1.165, 1.54) is 4.40 Å². The van der Waals surface area contributed by atoms with Gasteiger partial charge in [0.2, 0.25) is 0 Å². The van der Waals surface area contributed by atoms with E-state index in [1.54, 1.807) is 25.3 Å². The summed E-state index contributed by atoms with van der Waals surface area (Å²) < 4.78 is 1.51. The van der Waals surface area contributed by atoms with Crippen LogP contribution in [0, 0.1) is 0 Å². The van der Waals surface area contributed by atoms with Gasteiger partial charge in [-0.05, 0) is 54.9 Å². The Bertz CT molecular complexity index is 1180. The van der Waals surface area contributed by atoms with Crippen molar-refractivity contribution in [1.82, 2.24) is 14.7 Å². The van der Waals surface area contributed by atoms with E-state index < -0.39 is 5.72 Å². The summed E-state index contributed by atoms with van der Waals surface area (Å²) in [7, 11) is 0. The Labute approximate surface area is 150 Å². The van der Waals surface area contributed by atoms with Crippen molar-refractivity contribution in [2.24, 2.45) is 0 Å². The van der Waals surface area contributed by atoms with Crippen LogP contribution in [-0.4, -0.2) is 21.0 Å². The minimum absolute atomic E-state index is 0.135. The molecule has 0 radical (unpaired) electrons. The number of fused-ring (bicyclic) bond motifs is 3. The Morgan fingerprint density at radius 2 is 1.88 bits per heavy atom. The van der Waals surface area contributed by atoms with E-state index in [0.717, 1.165) is 17.2 Å². The van der Waals surface area contributed by atoms with Crippen LogP contribution in [-0.2, 0) is 5.72 Å². The van der Waals surface area contributed by atoms with Gasteiger partial charge < -0.3 is 5.11 Å². The van der Waals surface area contributed by atoms with Crippen LogP contribution in [0.4, 0.5) is 0 Å². The molecule has 0 fully saturated rings. The molecule has 2 heterocycles. The first-order valence-corrected chi connectivity index (χ1v) is 8.83. The highest BCUT2D eigenvalue weighted by atomic mass is 16.3. The monoisotopic (exact) mass is 347 g/mol. The summed E-state index contributed by atoms with van der Waals surface area (Å²) in [6, 6.07) is 15.3. The maximum absolute atomic E-state index is 13.0. The molecule has 0 spiro atoms. The van der Waals surface area contributed by atoms with Crippen LogP contribution < -0.4 is 10.9 Å². The van der Waals surface area contributed by atoms with Gasteiger partial charge in [0.1, 0.15) is 11.4 Å². The Hall–Kier alpha value is -2.76. The van der Waals surface area contributed by atoms with Crippen LogP contribution in [0.1, 0.15) is 25.8 Å². The number of rotatable bonds is 4. The lowest BCUT2D eigenvalue weighted by Gasteiger charge is -2.26. The third-order valence-corrected chi connectivity index (χ3v) is 4.75. The zero-order valence-corrected chi connectivity index (χ0v) is 14.9. The van der Waals surface area contributed by atoms with E-state index in [4.69, 9.17) is 4.98 Å². The Kier molecular flexibility index (Phi) is 3.98. The standard InChI is InChI=1S/C21H21N3O2/c1-3-10-22-21(2,26)17-9-6-11-24-19(17)23-18-13-15-8-5-4-7-14(15)12-16(18)20(24)25/h4-9,11-13,22,26H,3,10H2,1-2H3. The minimum Gasteiger partial charge on any atom is -0.372 e. The van der Waals surface area contributed by atoms with Crippen molar-refractivity contribution in [3.63, 3.8) is 0 Å². The van der Waals surface area contributed by atoms with Crippen LogP contribution >= 0.6 is 0 Å². The number of benzene rings is 2. The molecule has 2 N–H and O–H groups in total. The van der Waals surface area contributed by atoms with Crippen molar-refractivity contribution in [2.45, 2.75) is 26.0 Å². The maximum Gasteiger partial charge on any atom is 0.265 e. The van der Waals surface area contributed by atoms with E-state index in [9.17, 15) is 9.90 Å². The summed E-state index contributed by atoms with van der Waals surface area (Å²) >= 11 is 0. The lowest BCUT2D eigenvalue weighted by Crippen LogP contribution is -2.40. The number of pyridine rings is 1. The topological polar surface area (TPSA) is 66.6 Å². The molecule has 2 aromatic carbocycles. The number of hydrogen-bond donors (Lipinski definition) is 2. The predicted octanol–water partition coefficient (Wildman–Crippen LogP) is 3.17. The summed E-state index contributed by atoms with van der Waals surface area (Å²) in [4.78, 5) is 17.8. The zero-order chi connectivity index (χ0) is 18.3. The second-order valence-corrected chi connectivity index (χ2v) is 6.75. The molecule has 26 heavy (non-hydrogen) atoms. The average Bonchev–Trinajstić information content (AvgIpc) is 2.65. The molecule has 4 rings (SSSR count). The molecular weight excluding hydrogens is 326 g/mol. The SMILES string of the molecule is CCCNC(C)(O)c1cccn2c(=O)c3cc4ccccc4cc3nc12.